The zero-order chi connectivity index (χ0) is 19.6. The molecular formula is C21H23NO5. The lowest BCUT2D eigenvalue weighted by Crippen LogP contribution is -2.18. The van der Waals surface area contributed by atoms with E-state index in [0.29, 0.717) is 25.1 Å². The van der Waals surface area contributed by atoms with Gasteiger partial charge in [0.25, 0.3) is 0 Å². The number of rotatable bonds is 11. The van der Waals surface area contributed by atoms with Crippen molar-refractivity contribution in [1.29, 1.82) is 0 Å². The fraction of sp³-hybridized carbons (Fsp3) is 0.286. The molecule has 142 valence electrons. The van der Waals surface area contributed by atoms with Crippen LogP contribution in [0.15, 0.2) is 48.5 Å². The van der Waals surface area contributed by atoms with Crippen LogP contribution in [0.5, 0.6) is 0 Å². The molecule has 0 fully saturated rings. The van der Waals surface area contributed by atoms with E-state index in [1.165, 1.54) is 0 Å². The van der Waals surface area contributed by atoms with Crippen LogP contribution in [0.1, 0.15) is 41.6 Å². The Hall–Kier alpha value is -2.99. The molecule has 2 rings (SSSR count). The molecular weight excluding hydrogens is 346 g/mol. The third-order valence-electron chi connectivity index (χ3n) is 4.14. The largest absolute Gasteiger partial charge is 0.481 e. The van der Waals surface area contributed by atoms with E-state index in [2.05, 4.69) is 5.32 Å². The standard InChI is InChI=1S/C21H23NO5/c23-19(10-11-21(26)27)18-13-16(15-5-2-1-3-6-15)8-9-17(18)14-22-12-4-7-20(24)25/h1-3,5-6,8-9,13,22H,4,7,10-12,14H2,(H,24,25)(H,26,27). The van der Waals surface area contributed by atoms with E-state index in [0.717, 1.165) is 16.7 Å². The lowest BCUT2D eigenvalue weighted by Gasteiger charge is -2.12. The van der Waals surface area contributed by atoms with Crippen LogP contribution in [0.25, 0.3) is 11.1 Å². The number of hydrogen-bond acceptors (Lipinski definition) is 4. The van der Waals surface area contributed by atoms with Gasteiger partial charge in [0, 0.05) is 24.9 Å². The van der Waals surface area contributed by atoms with Crippen molar-refractivity contribution >= 4 is 17.7 Å². The van der Waals surface area contributed by atoms with E-state index in [1.807, 2.05) is 42.5 Å². The van der Waals surface area contributed by atoms with Gasteiger partial charge in [-0.25, -0.2) is 0 Å². The molecule has 2 aromatic carbocycles. The van der Waals surface area contributed by atoms with Gasteiger partial charge in [-0.3, -0.25) is 14.4 Å². The second kappa shape index (κ2) is 10.2. The molecule has 0 bridgehead atoms. The fourth-order valence-corrected chi connectivity index (χ4v) is 2.74. The van der Waals surface area contributed by atoms with E-state index in [1.54, 1.807) is 6.07 Å². The first-order chi connectivity index (χ1) is 13.0. The van der Waals surface area contributed by atoms with Gasteiger partial charge in [-0.15, -0.1) is 0 Å². The second-order valence-corrected chi connectivity index (χ2v) is 6.23. The third-order valence-corrected chi connectivity index (χ3v) is 4.14. The Kier molecular flexibility index (Phi) is 7.70. The molecule has 0 amide bonds. The molecule has 0 aromatic heterocycles. The Morgan fingerprint density at radius 1 is 0.815 bits per heavy atom. The monoisotopic (exact) mass is 369 g/mol. The van der Waals surface area contributed by atoms with Crippen molar-refractivity contribution in [2.24, 2.45) is 0 Å². The summed E-state index contributed by atoms with van der Waals surface area (Å²) in [4.78, 5) is 33.9. The number of Topliss-reactive ketones (excluding diaryl/α,β-unsaturated/α-hetero) is 1. The summed E-state index contributed by atoms with van der Waals surface area (Å²) < 4.78 is 0. The molecule has 6 nitrogen and oxygen atoms in total. The van der Waals surface area contributed by atoms with Crippen LogP contribution >= 0.6 is 0 Å². The third kappa shape index (κ3) is 6.67. The van der Waals surface area contributed by atoms with Crippen LogP contribution in [0, 0.1) is 0 Å². The van der Waals surface area contributed by atoms with Gasteiger partial charge in [0.15, 0.2) is 5.78 Å². The van der Waals surface area contributed by atoms with Crippen molar-refractivity contribution in [2.45, 2.75) is 32.2 Å². The Morgan fingerprint density at radius 3 is 2.19 bits per heavy atom. The number of hydrogen-bond donors (Lipinski definition) is 3. The molecule has 2 aromatic rings. The Morgan fingerprint density at radius 2 is 1.52 bits per heavy atom. The summed E-state index contributed by atoms with van der Waals surface area (Å²) in [5, 5.41) is 20.7. The minimum Gasteiger partial charge on any atom is -0.481 e. The van der Waals surface area contributed by atoms with Crippen LogP contribution in [-0.2, 0) is 16.1 Å². The van der Waals surface area contributed by atoms with Gasteiger partial charge in [0.05, 0.1) is 6.42 Å². The average molecular weight is 369 g/mol. The van der Waals surface area contributed by atoms with Gasteiger partial charge in [0.1, 0.15) is 0 Å². The smallest absolute Gasteiger partial charge is 0.303 e. The van der Waals surface area contributed by atoms with E-state index >= 15 is 0 Å². The summed E-state index contributed by atoms with van der Waals surface area (Å²) in [5.41, 5.74) is 3.15. The fourth-order valence-electron chi connectivity index (χ4n) is 2.74. The molecule has 0 saturated heterocycles. The van der Waals surface area contributed by atoms with Gasteiger partial charge < -0.3 is 15.5 Å². The van der Waals surface area contributed by atoms with Crippen molar-refractivity contribution in [3.05, 3.63) is 59.7 Å². The zero-order valence-corrected chi connectivity index (χ0v) is 15.0. The maximum atomic E-state index is 12.6. The normalized spacial score (nSPS) is 10.5. The second-order valence-electron chi connectivity index (χ2n) is 6.23. The minimum atomic E-state index is -1.00. The van der Waals surface area contributed by atoms with Crippen molar-refractivity contribution < 1.29 is 24.6 Å². The number of benzene rings is 2. The predicted octanol–water partition coefficient (Wildman–Crippen LogP) is 3.36. The quantitative estimate of drug-likeness (QED) is 0.414. The van der Waals surface area contributed by atoms with Crippen molar-refractivity contribution in [2.75, 3.05) is 6.54 Å². The zero-order valence-electron chi connectivity index (χ0n) is 15.0. The van der Waals surface area contributed by atoms with E-state index in [4.69, 9.17) is 10.2 Å². The number of carbonyl (C=O) groups is 3. The van der Waals surface area contributed by atoms with Gasteiger partial charge in [0.2, 0.25) is 0 Å². The Balaban J connectivity index is 2.16. The minimum absolute atomic E-state index is 0.0560. The molecule has 0 spiro atoms. The molecule has 0 saturated carbocycles. The summed E-state index contributed by atoms with van der Waals surface area (Å²) in [6.07, 6.45) is 0.323. The lowest BCUT2D eigenvalue weighted by atomic mass is 9.95. The highest BCUT2D eigenvalue weighted by Crippen LogP contribution is 2.24. The van der Waals surface area contributed by atoms with Gasteiger partial charge in [-0.1, -0.05) is 42.5 Å². The average Bonchev–Trinajstić information content (AvgIpc) is 2.66. The van der Waals surface area contributed by atoms with Crippen molar-refractivity contribution in [3.63, 3.8) is 0 Å². The van der Waals surface area contributed by atoms with Crippen LogP contribution in [0.4, 0.5) is 0 Å². The molecule has 6 heteroatoms. The first kappa shape index (κ1) is 20.3. The molecule has 0 aliphatic heterocycles. The van der Waals surface area contributed by atoms with Gasteiger partial charge in [-0.2, -0.15) is 0 Å². The van der Waals surface area contributed by atoms with Crippen LogP contribution in [0.2, 0.25) is 0 Å². The van der Waals surface area contributed by atoms with Crippen molar-refractivity contribution in [3.8, 4) is 11.1 Å². The number of ketones is 1. The lowest BCUT2D eigenvalue weighted by molar-refractivity contribution is -0.138. The Labute approximate surface area is 157 Å². The molecule has 0 aliphatic rings. The molecule has 0 radical (unpaired) electrons. The number of carbonyl (C=O) groups excluding carboxylic acids is 1. The summed E-state index contributed by atoms with van der Waals surface area (Å²) in [7, 11) is 0. The van der Waals surface area contributed by atoms with E-state index < -0.39 is 11.9 Å². The summed E-state index contributed by atoms with van der Waals surface area (Å²) in [6, 6.07) is 15.2. The van der Waals surface area contributed by atoms with E-state index in [9.17, 15) is 14.4 Å². The summed E-state index contributed by atoms with van der Waals surface area (Å²) >= 11 is 0. The van der Waals surface area contributed by atoms with E-state index in [-0.39, 0.29) is 25.0 Å². The molecule has 0 heterocycles. The first-order valence-electron chi connectivity index (χ1n) is 8.83. The highest BCUT2D eigenvalue weighted by Gasteiger charge is 2.14. The number of nitrogens with one attached hydrogen (secondary N) is 1. The summed E-state index contributed by atoms with van der Waals surface area (Å²) in [6.45, 7) is 0.943. The predicted molar refractivity (Wildman–Crippen MR) is 102 cm³/mol. The van der Waals surface area contributed by atoms with Crippen LogP contribution in [0.3, 0.4) is 0 Å². The highest BCUT2D eigenvalue weighted by atomic mass is 16.4. The highest BCUT2D eigenvalue weighted by molar-refractivity contribution is 5.99. The summed E-state index contributed by atoms with van der Waals surface area (Å²) in [5.74, 6) is -2.05. The molecule has 3 N–H and O–H groups in total. The topological polar surface area (TPSA) is 104 Å². The van der Waals surface area contributed by atoms with Crippen LogP contribution in [-0.4, -0.2) is 34.5 Å². The molecule has 0 unspecified atom stereocenters. The number of aliphatic carboxylic acids is 2. The van der Waals surface area contributed by atoms with Crippen molar-refractivity contribution in [1.82, 2.24) is 5.32 Å². The maximum Gasteiger partial charge on any atom is 0.303 e. The maximum absolute atomic E-state index is 12.6. The molecule has 0 atom stereocenters. The van der Waals surface area contributed by atoms with Gasteiger partial charge >= 0.3 is 11.9 Å². The van der Waals surface area contributed by atoms with Crippen LogP contribution < -0.4 is 5.32 Å². The SMILES string of the molecule is O=C(O)CCCNCc1ccc(-c2ccccc2)cc1C(=O)CCC(=O)O. The molecule has 0 aliphatic carbocycles. The number of carboxylic acid groups (broad SMARTS) is 2. The molecule has 27 heavy (non-hydrogen) atoms. The Bertz CT molecular complexity index is 801. The first-order valence-corrected chi connectivity index (χ1v) is 8.83. The van der Waals surface area contributed by atoms with Gasteiger partial charge in [-0.05, 0) is 35.7 Å². The number of carboxylic acids is 2.